The largest absolute Gasteiger partial charge is 0.361 e. The van der Waals surface area contributed by atoms with Gasteiger partial charge in [-0.3, -0.25) is 0 Å². The van der Waals surface area contributed by atoms with Crippen molar-refractivity contribution in [3.63, 3.8) is 0 Å². The number of hydrogen-bond acceptors (Lipinski definition) is 4. The van der Waals surface area contributed by atoms with Crippen molar-refractivity contribution in [1.29, 1.82) is 5.26 Å². The highest BCUT2D eigenvalue weighted by Crippen LogP contribution is 2.12. The molecule has 0 radical (unpaired) electrons. The first-order chi connectivity index (χ1) is 9.20. The number of rotatable bonds is 5. The first kappa shape index (κ1) is 13.3. The molecule has 0 aliphatic heterocycles. The lowest BCUT2D eigenvalue weighted by atomic mass is 10.1. The Labute approximate surface area is 113 Å². The van der Waals surface area contributed by atoms with Crippen LogP contribution in [0.4, 0.5) is 0 Å². The summed E-state index contributed by atoms with van der Waals surface area (Å²) >= 11 is 0. The maximum absolute atomic E-state index is 8.72. The van der Waals surface area contributed by atoms with Gasteiger partial charge >= 0.3 is 0 Å². The molecule has 2 aromatic rings. The molecule has 0 bridgehead atoms. The molecule has 19 heavy (non-hydrogen) atoms. The van der Waals surface area contributed by atoms with Crippen molar-refractivity contribution < 1.29 is 4.52 Å². The summed E-state index contributed by atoms with van der Waals surface area (Å²) in [6.07, 6.45) is 0.914. The Morgan fingerprint density at radius 3 is 2.58 bits per heavy atom. The van der Waals surface area contributed by atoms with E-state index in [1.165, 1.54) is 11.1 Å². The van der Waals surface area contributed by atoms with E-state index in [0.29, 0.717) is 5.56 Å². The van der Waals surface area contributed by atoms with Crippen molar-refractivity contribution in [1.82, 2.24) is 10.5 Å². The SMILES string of the molecule is Cc1noc(C)c1CCNCc1ccc(C#N)cc1. The predicted molar refractivity (Wildman–Crippen MR) is 72.5 cm³/mol. The normalized spacial score (nSPS) is 10.4. The van der Waals surface area contributed by atoms with Crippen LogP contribution in [-0.2, 0) is 13.0 Å². The zero-order valence-corrected chi connectivity index (χ0v) is 11.2. The predicted octanol–water partition coefficient (Wildman–Crippen LogP) is 2.50. The number of nitriles is 1. The van der Waals surface area contributed by atoms with Gasteiger partial charge in [0.25, 0.3) is 0 Å². The highest BCUT2D eigenvalue weighted by Gasteiger charge is 2.07. The molecule has 1 aromatic heterocycles. The van der Waals surface area contributed by atoms with Crippen molar-refractivity contribution >= 4 is 0 Å². The van der Waals surface area contributed by atoms with E-state index in [9.17, 15) is 0 Å². The van der Waals surface area contributed by atoms with E-state index in [4.69, 9.17) is 9.78 Å². The highest BCUT2D eigenvalue weighted by atomic mass is 16.5. The molecule has 0 spiro atoms. The molecule has 4 nitrogen and oxygen atoms in total. The molecule has 1 N–H and O–H groups in total. The summed E-state index contributed by atoms with van der Waals surface area (Å²) in [7, 11) is 0. The third kappa shape index (κ3) is 3.43. The third-order valence-corrected chi connectivity index (χ3v) is 3.15. The molecular weight excluding hydrogens is 238 g/mol. The second-order valence-corrected chi connectivity index (χ2v) is 4.54. The van der Waals surface area contributed by atoms with Crippen LogP contribution in [0.3, 0.4) is 0 Å². The van der Waals surface area contributed by atoms with Crippen molar-refractivity contribution in [3.05, 3.63) is 52.4 Å². The maximum Gasteiger partial charge on any atom is 0.137 e. The standard InChI is InChI=1S/C15H17N3O/c1-11-15(12(2)19-18-11)7-8-17-10-14-5-3-13(9-16)4-6-14/h3-6,17H,7-8,10H2,1-2H3. The van der Waals surface area contributed by atoms with E-state index < -0.39 is 0 Å². The molecule has 98 valence electrons. The smallest absolute Gasteiger partial charge is 0.137 e. The number of hydrogen-bond donors (Lipinski definition) is 1. The summed E-state index contributed by atoms with van der Waals surface area (Å²) in [6, 6.07) is 9.74. The first-order valence-electron chi connectivity index (χ1n) is 6.32. The Kier molecular flexibility index (Phi) is 4.32. The quantitative estimate of drug-likeness (QED) is 0.834. The van der Waals surface area contributed by atoms with Crippen LogP contribution in [0.2, 0.25) is 0 Å². The lowest BCUT2D eigenvalue weighted by Crippen LogP contribution is -2.17. The molecule has 0 fully saturated rings. The summed E-state index contributed by atoms with van der Waals surface area (Å²) < 4.78 is 5.13. The van der Waals surface area contributed by atoms with Crippen molar-refractivity contribution in [2.75, 3.05) is 6.54 Å². The van der Waals surface area contributed by atoms with Crippen LogP contribution in [0.1, 0.15) is 28.1 Å². The molecule has 0 saturated carbocycles. The van der Waals surface area contributed by atoms with Crippen molar-refractivity contribution in [2.45, 2.75) is 26.8 Å². The summed E-state index contributed by atoms with van der Waals surface area (Å²) in [4.78, 5) is 0. The van der Waals surface area contributed by atoms with Crippen LogP contribution in [0.5, 0.6) is 0 Å². The molecule has 4 heteroatoms. The fourth-order valence-corrected chi connectivity index (χ4v) is 2.00. The van der Waals surface area contributed by atoms with E-state index in [1.54, 1.807) is 0 Å². The number of aryl methyl sites for hydroxylation is 2. The van der Waals surface area contributed by atoms with Gasteiger partial charge in [-0.2, -0.15) is 5.26 Å². The van der Waals surface area contributed by atoms with Gasteiger partial charge in [-0.05, 0) is 44.5 Å². The summed E-state index contributed by atoms with van der Waals surface area (Å²) in [5.41, 5.74) is 4.03. The van der Waals surface area contributed by atoms with Gasteiger partial charge in [-0.15, -0.1) is 0 Å². The van der Waals surface area contributed by atoms with E-state index >= 15 is 0 Å². The fourth-order valence-electron chi connectivity index (χ4n) is 2.00. The number of benzene rings is 1. The van der Waals surface area contributed by atoms with Gasteiger partial charge in [0.2, 0.25) is 0 Å². The number of nitrogens with one attached hydrogen (secondary N) is 1. The fraction of sp³-hybridized carbons (Fsp3) is 0.333. The number of aromatic nitrogens is 1. The van der Waals surface area contributed by atoms with Crippen LogP contribution in [-0.4, -0.2) is 11.7 Å². The van der Waals surface area contributed by atoms with Gasteiger partial charge in [0.05, 0.1) is 17.3 Å². The minimum absolute atomic E-state index is 0.694. The minimum atomic E-state index is 0.694. The Balaban J connectivity index is 1.79. The molecule has 0 atom stereocenters. The lowest BCUT2D eigenvalue weighted by molar-refractivity contribution is 0.392. The van der Waals surface area contributed by atoms with Gasteiger partial charge < -0.3 is 9.84 Å². The van der Waals surface area contributed by atoms with Crippen molar-refractivity contribution in [3.8, 4) is 6.07 Å². The van der Waals surface area contributed by atoms with Gasteiger partial charge in [0, 0.05) is 12.1 Å². The van der Waals surface area contributed by atoms with Gasteiger partial charge in [0.15, 0.2) is 0 Å². The molecule has 0 saturated heterocycles. The molecule has 0 aliphatic carbocycles. The minimum Gasteiger partial charge on any atom is -0.361 e. The van der Waals surface area contributed by atoms with E-state index in [1.807, 2.05) is 38.1 Å². The van der Waals surface area contributed by atoms with E-state index in [-0.39, 0.29) is 0 Å². The Morgan fingerprint density at radius 2 is 2.00 bits per heavy atom. The molecule has 0 aliphatic rings. The van der Waals surface area contributed by atoms with Gasteiger partial charge in [-0.25, -0.2) is 0 Å². The molecule has 0 unspecified atom stereocenters. The maximum atomic E-state index is 8.72. The topological polar surface area (TPSA) is 61.9 Å². The van der Waals surface area contributed by atoms with Gasteiger partial charge in [0.1, 0.15) is 5.76 Å². The highest BCUT2D eigenvalue weighted by molar-refractivity contribution is 5.31. The number of nitrogens with zero attached hydrogens (tertiary/aromatic N) is 2. The molecule has 0 amide bonds. The van der Waals surface area contributed by atoms with Crippen molar-refractivity contribution in [2.24, 2.45) is 0 Å². The summed E-state index contributed by atoms with van der Waals surface area (Å²) in [5, 5.41) is 16.0. The molecule has 1 heterocycles. The zero-order valence-electron chi connectivity index (χ0n) is 11.2. The van der Waals surface area contributed by atoms with Crippen LogP contribution < -0.4 is 5.32 Å². The van der Waals surface area contributed by atoms with Gasteiger partial charge in [-0.1, -0.05) is 17.3 Å². The second-order valence-electron chi connectivity index (χ2n) is 4.54. The Morgan fingerprint density at radius 1 is 1.26 bits per heavy atom. The Bertz CT molecular complexity index is 559. The average Bonchev–Trinajstić information content (AvgIpc) is 2.75. The lowest BCUT2D eigenvalue weighted by Gasteiger charge is -2.05. The molecule has 1 aromatic carbocycles. The molecule has 2 rings (SSSR count). The zero-order chi connectivity index (χ0) is 13.7. The van der Waals surface area contributed by atoms with Crippen LogP contribution >= 0.6 is 0 Å². The van der Waals surface area contributed by atoms with Crippen LogP contribution in [0, 0.1) is 25.2 Å². The first-order valence-corrected chi connectivity index (χ1v) is 6.32. The molecular formula is C15H17N3O. The van der Waals surface area contributed by atoms with E-state index in [0.717, 1.165) is 31.0 Å². The summed E-state index contributed by atoms with van der Waals surface area (Å²) in [6.45, 7) is 5.58. The van der Waals surface area contributed by atoms with E-state index in [2.05, 4.69) is 16.5 Å². The second kappa shape index (κ2) is 6.17. The van der Waals surface area contributed by atoms with Crippen LogP contribution in [0.25, 0.3) is 0 Å². The summed E-state index contributed by atoms with van der Waals surface area (Å²) in [5.74, 6) is 0.901. The monoisotopic (exact) mass is 255 g/mol. The average molecular weight is 255 g/mol. The Hall–Kier alpha value is -2.12. The third-order valence-electron chi connectivity index (χ3n) is 3.15. The van der Waals surface area contributed by atoms with Crippen LogP contribution in [0.15, 0.2) is 28.8 Å².